The quantitative estimate of drug-likeness (QED) is 0.515. The Morgan fingerprint density at radius 1 is 1.00 bits per heavy atom. The number of pyridine rings is 1. The van der Waals surface area contributed by atoms with Crippen LogP contribution >= 0.6 is 0 Å². The second-order valence-electron chi connectivity index (χ2n) is 6.93. The van der Waals surface area contributed by atoms with Gasteiger partial charge in [0.1, 0.15) is 0 Å². The zero-order chi connectivity index (χ0) is 21.3. The molecule has 0 aliphatic rings. The summed E-state index contributed by atoms with van der Waals surface area (Å²) in [4.78, 5) is 19.1. The summed E-state index contributed by atoms with van der Waals surface area (Å²) in [6.07, 6.45) is 6.90. The maximum absolute atomic E-state index is 13.1. The van der Waals surface area contributed by atoms with E-state index < -0.39 is 0 Å². The molecule has 5 heteroatoms. The Morgan fingerprint density at radius 2 is 1.80 bits per heavy atom. The first-order chi connectivity index (χ1) is 14.6. The summed E-state index contributed by atoms with van der Waals surface area (Å²) in [5, 5.41) is 0. The van der Waals surface area contributed by atoms with E-state index >= 15 is 0 Å². The van der Waals surface area contributed by atoms with Crippen molar-refractivity contribution in [1.82, 2.24) is 9.88 Å². The average molecular weight is 402 g/mol. The molecule has 0 aliphatic carbocycles. The van der Waals surface area contributed by atoms with Crippen LogP contribution in [0.5, 0.6) is 11.5 Å². The van der Waals surface area contributed by atoms with Gasteiger partial charge in [-0.15, -0.1) is 0 Å². The Hall–Kier alpha value is -3.60. The number of nitrogens with zero attached hydrogens (tertiary/aromatic N) is 2. The molecular formula is C25H26N2O3. The minimum Gasteiger partial charge on any atom is -0.493 e. The first kappa shape index (κ1) is 21.1. The molecule has 1 heterocycles. The number of ether oxygens (including phenoxy) is 2. The van der Waals surface area contributed by atoms with E-state index in [0.717, 1.165) is 22.3 Å². The molecule has 3 aromatic rings. The number of carbonyl (C=O) groups excluding carboxylic acids is 1. The van der Waals surface area contributed by atoms with Gasteiger partial charge in [-0.05, 0) is 53.5 Å². The number of amides is 1. The van der Waals surface area contributed by atoms with Crippen molar-refractivity contribution in [2.75, 3.05) is 14.2 Å². The number of hydrogen-bond donors (Lipinski definition) is 0. The lowest BCUT2D eigenvalue weighted by atomic mass is 10.1. The highest BCUT2D eigenvalue weighted by Crippen LogP contribution is 2.28. The maximum atomic E-state index is 13.1. The fourth-order valence-corrected chi connectivity index (χ4v) is 3.15. The molecule has 0 radical (unpaired) electrons. The van der Waals surface area contributed by atoms with E-state index in [-0.39, 0.29) is 5.91 Å². The fourth-order valence-electron chi connectivity index (χ4n) is 3.15. The van der Waals surface area contributed by atoms with Gasteiger partial charge in [-0.1, -0.05) is 36.4 Å². The third kappa shape index (κ3) is 5.47. The zero-order valence-electron chi connectivity index (χ0n) is 17.5. The van der Waals surface area contributed by atoms with Gasteiger partial charge in [0.15, 0.2) is 11.5 Å². The molecule has 0 aliphatic heterocycles. The third-order valence-electron chi connectivity index (χ3n) is 4.86. The first-order valence-electron chi connectivity index (χ1n) is 9.73. The first-order valence-corrected chi connectivity index (χ1v) is 9.73. The van der Waals surface area contributed by atoms with Gasteiger partial charge in [0.25, 0.3) is 0 Å². The van der Waals surface area contributed by atoms with Crippen LogP contribution in [0.25, 0.3) is 6.08 Å². The monoisotopic (exact) mass is 402 g/mol. The summed E-state index contributed by atoms with van der Waals surface area (Å²) >= 11 is 0. The topological polar surface area (TPSA) is 51.7 Å². The molecule has 0 saturated heterocycles. The van der Waals surface area contributed by atoms with Crippen molar-refractivity contribution in [1.29, 1.82) is 0 Å². The molecule has 0 spiro atoms. The van der Waals surface area contributed by atoms with Crippen LogP contribution in [0.3, 0.4) is 0 Å². The normalized spacial score (nSPS) is 10.8. The number of methoxy groups -OCH3 is 2. The van der Waals surface area contributed by atoms with Crippen LogP contribution in [0.1, 0.15) is 22.3 Å². The van der Waals surface area contributed by atoms with Crippen molar-refractivity contribution >= 4 is 12.0 Å². The lowest BCUT2D eigenvalue weighted by Gasteiger charge is -2.22. The lowest BCUT2D eigenvalue weighted by molar-refractivity contribution is -0.127. The van der Waals surface area contributed by atoms with Crippen LogP contribution in [-0.4, -0.2) is 30.0 Å². The molecule has 0 unspecified atom stereocenters. The maximum Gasteiger partial charge on any atom is 0.247 e. The summed E-state index contributed by atoms with van der Waals surface area (Å²) < 4.78 is 10.6. The lowest BCUT2D eigenvalue weighted by Crippen LogP contribution is -2.28. The molecule has 30 heavy (non-hydrogen) atoms. The summed E-state index contributed by atoms with van der Waals surface area (Å²) in [6.45, 7) is 3.06. The van der Waals surface area contributed by atoms with E-state index in [0.29, 0.717) is 24.6 Å². The van der Waals surface area contributed by atoms with Gasteiger partial charge in [-0.2, -0.15) is 0 Å². The summed E-state index contributed by atoms with van der Waals surface area (Å²) in [6, 6.07) is 17.5. The van der Waals surface area contributed by atoms with Crippen LogP contribution in [0.15, 0.2) is 73.1 Å². The molecule has 1 amide bonds. The van der Waals surface area contributed by atoms with Crippen molar-refractivity contribution in [2.24, 2.45) is 0 Å². The number of benzene rings is 2. The van der Waals surface area contributed by atoms with Crippen molar-refractivity contribution in [3.8, 4) is 11.5 Å². The van der Waals surface area contributed by atoms with Crippen LogP contribution in [0.2, 0.25) is 0 Å². The predicted molar refractivity (Wildman–Crippen MR) is 118 cm³/mol. The van der Waals surface area contributed by atoms with Gasteiger partial charge in [-0.3, -0.25) is 9.78 Å². The second-order valence-corrected chi connectivity index (χ2v) is 6.93. The van der Waals surface area contributed by atoms with Crippen molar-refractivity contribution < 1.29 is 14.3 Å². The zero-order valence-corrected chi connectivity index (χ0v) is 17.5. The standard InChI is InChI=1S/C25H26N2O3/c1-19-7-4-5-9-22(19)18-27(17-21-8-6-14-26-16-21)25(28)13-11-20-10-12-23(29-2)24(15-20)30-3/h4-16H,17-18H2,1-3H3/b13-11+. The summed E-state index contributed by atoms with van der Waals surface area (Å²) in [5.74, 6) is 1.20. The van der Waals surface area contributed by atoms with Crippen LogP contribution in [0.4, 0.5) is 0 Å². The van der Waals surface area contributed by atoms with Crippen LogP contribution < -0.4 is 9.47 Å². The minimum absolute atomic E-state index is 0.0723. The number of hydrogen-bond acceptors (Lipinski definition) is 4. The summed E-state index contributed by atoms with van der Waals surface area (Å²) in [7, 11) is 3.19. The van der Waals surface area contributed by atoms with Gasteiger partial charge in [0.2, 0.25) is 5.91 Å². The molecule has 5 nitrogen and oxygen atoms in total. The van der Waals surface area contributed by atoms with E-state index in [1.54, 1.807) is 38.8 Å². The van der Waals surface area contributed by atoms with E-state index in [1.807, 2.05) is 47.4 Å². The average Bonchev–Trinajstić information content (AvgIpc) is 2.78. The molecule has 154 valence electrons. The molecule has 3 rings (SSSR count). The smallest absolute Gasteiger partial charge is 0.247 e. The molecule has 0 fully saturated rings. The molecule has 2 aromatic carbocycles. The predicted octanol–water partition coefficient (Wildman–Crippen LogP) is 4.65. The van der Waals surface area contributed by atoms with Gasteiger partial charge in [0.05, 0.1) is 14.2 Å². The van der Waals surface area contributed by atoms with Crippen molar-refractivity contribution in [3.05, 3.63) is 95.3 Å². The Kier molecular flexibility index (Phi) is 7.22. The highest BCUT2D eigenvalue weighted by molar-refractivity contribution is 5.91. The SMILES string of the molecule is COc1ccc(/C=C/C(=O)N(Cc2cccnc2)Cc2ccccc2C)cc1OC. The van der Waals surface area contributed by atoms with Crippen LogP contribution in [0, 0.1) is 6.92 Å². The number of rotatable bonds is 8. The molecule has 0 atom stereocenters. The second kappa shape index (κ2) is 10.3. The Morgan fingerprint density at radius 3 is 2.50 bits per heavy atom. The number of carbonyl (C=O) groups is 1. The fraction of sp³-hybridized carbons (Fsp3) is 0.200. The van der Waals surface area contributed by atoms with E-state index in [1.165, 1.54) is 0 Å². The highest BCUT2D eigenvalue weighted by Gasteiger charge is 2.14. The molecule has 0 N–H and O–H groups in total. The van der Waals surface area contributed by atoms with Gasteiger partial charge in [0, 0.05) is 31.6 Å². The largest absolute Gasteiger partial charge is 0.493 e. The minimum atomic E-state index is -0.0723. The summed E-state index contributed by atoms with van der Waals surface area (Å²) in [5.41, 5.74) is 4.12. The van der Waals surface area contributed by atoms with Crippen molar-refractivity contribution in [3.63, 3.8) is 0 Å². The Bertz CT molecular complexity index is 1020. The highest BCUT2D eigenvalue weighted by atomic mass is 16.5. The van der Waals surface area contributed by atoms with E-state index in [4.69, 9.17) is 9.47 Å². The van der Waals surface area contributed by atoms with E-state index in [2.05, 4.69) is 24.0 Å². The number of aryl methyl sites for hydroxylation is 1. The number of aromatic nitrogens is 1. The Labute approximate surface area is 177 Å². The Balaban J connectivity index is 1.82. The van der Waals surface area contributed by atoms with Gasteiger partial charge < -0.3 is 14.4 Å². The molecule has 0 saturated carbocycles. The van der Waals surface area contributed by atoms with Gasteiger partial charge >= 0.3 is 0 Å². The third-order valence-corrected chi connectivity index (χ3v) is 4.86. The molecule has 1 aromatic heterocycles. The van der Waals surface area contributed by atoms with Gasteiger partial charge in [-0.25, -0.2) is 0 Å². The van der Waals surface area contributed by atoms with E-state index in [9.17, 15) is 4.79 Å². The molecule has 0 bridgehead atoms. The molecular weight excluding hydrogens is 376 g/mol. The van der Waals surface area contributed by atoms with Crippen LogP contribution in [-0.2, 0) is 17.9 Å². The van der Waals surface area contributed by atoms with Crippen molar-refractivity contribution in [2.45, 2.75) is 20.0 Å².